The van der Waals surface area contributed by atoms with E-state index in [1.165, 1.54) is 28.6 Å². The van der Waals surface area contributed by atoms with Gasteiger partial charge in [0.25, 0.3) is 0 Å². The number of benzene rings is 3. The molecule has 154 valence electrons. The Balaban J connectivity index is 1.73. The first-order valence-corrected chi connectivity index (χ1v) is 11.4. The number of para-hydroxylation sites is 1. The van der Waals surface area contributed by atoms with Gasteiger partial charge in [0.1, 0.15) is 6.04 Å². The molecule has 0 fully saturated rings. The Labute approximate surface area is 181 Å². The number of rotatable bonds is 4. The molecule has 0 saturated carbocycles. The predicted octanol–water partition coefficient (Wildman–Crippen LogP) is 4.40. The molecular formula is C23H21ClN2O3S. The van der Waals surface area contributed by atoms with Crippen molar-refractivity contribution >= 4 is 33.2 Å². The maximum absolute atomic E-state index is 13.4. The summed E-state index contributed by atoms with van der Waals surface area (Å²) in [6, 6.07) is 20.2. The smallest absolute Gasteiger partial charge is 0.244 e. The number of anilines is 1. The van der Waals surface area contributed by atoms with Gasteiger partial charge in [-0.25, -0.2) is 8.42 Å². The summed E-state index contributed by atoms with van der Waals surface area (Å²) < 4.78 is 28.2. The second kappa shape index (κ2) is 8.22. The largest absolute Gasteiger partial charge is 0.324 e. The third kappa shape index (κ3) is 3.99. The Morgan fingerprint density at radius 1 is 0.967 bits per heavy atom. The van der Waals surface area contributed by atoms with Crippen LogP contribution < -0.4 is 5.32 Å². The number of carbonyl (C=O) groups is 1. The fraction of sp³-hybridized carbons (Fsp3) is 0.174. The van der Waals surface area contributed by atoms with E-state index in [0.29, 0.717) is 17.1 Å². The van der Waals surface area contributed by atoms with E-state index >= 15 is 0 Å². The van der Waals surface area contributed by atoms with E-state index in [4.69, 9.17) is 11.6 Å². The van der Waals surface area contributed by atoms with Crippen LogP contribution in [0.4, 0.5) is 5.69 Å². The molecule has 0 aromatic heterocycles. The third-order valence-electron chi connectivity index (χ3n) is 5.33. The lowest BCUT2D eigenvalue weighted by molar-refractivity contribution is -0.120. The fourth-order valence-electron chi connectivity index (χ4n) is 3.65. The van der Waals surface area contributed by atoms with Crippen LogP contribution in [0.2, 0.25) is 5.02 Å². The Hall–Kier alpha value is -2.67. The van der Waals surface area contributed by atoms with E-state index < -0.39 is 16.1 Å². The second-order valence-electron chi connectivity index (χ2n) is 7.30. The van der Waals surface area contributed by atoms with Crippen LogP contribution in [-0.2, 0) is 27.8 Å². The Morgan fingerprint density at radius 3 is 2.30 bits per heavy atom. The van der Waals surface area contributed by atoms with Crippen LogP contribution in [0, 0.1) is 6.92 Å². The molecule has 1 aliphatic heterocycles. The molecule has 1 amide bonds. The van der Waals surface area contributed by atoms with Gasteiger partial charge in [-0.3, -0.25) is 4.79 Å². The van der Waals surface area contributed by atoms with Gasteiger partial charge in [-0.1, -0.05) is 54.1 Å². The summed E-state index contributed by atoms with van der Waals surface area (Å²) in [5, 5.41) is 3.36. The molecular weight excluding hydrogens is 420 g/mol. The van der Waals surface area contributed by atoms with Crippen molar-refractivity contribution < 1.29 is 13.2 Å². The highest BCUT2D eigenvalue weighted by Gasteiger charge is 2.39. The molecule has 0 saturated heterocycles. The molecule has 0 radical (unpaired) electrons. The van der Waals surface area contributed by atoms with E-state index in [2.05, 4.69) is 5.32 Å². The van der Waals surface area contributed by atoms with E-state index in [1.54, 1.807) is 0 Å². The Morgan fingerprint density at radius 2 is 1.60 bits per heavy atom. The number of hydrogen-bond acceptors (Lipinski definition) is 3. The fourth-order valence-corrected chi connectivity index (χ4v) is 5.34. The lowest BCUT2D eigenvalue weighted by Crippen LogP contribution is -2.50. The first-order chi connectivity index (χ1) is 14.4. The number of halogens is 1. The number of amides is 1. The zero-order chi connectivity index (χ0) is 21.3. The summed E-state index contributed by atoms with van der Waals surface area (Å²) in [6.45, 7) is 2.03. The molecule has 0 aliphatic carbocycles. The Kier molecular flexibility index (Phi) is 5.64. The number of nitrogens with one attached hydrogen (secondary N) is 1. The van der Waals surface area contributed by atoms with Crippen LogP contribution in [-0.4, -0.2) is 24.7 Å². The lowest BCUT2D eigenvalue weighted by Gasteiger charge is -2.35. The minimum absolute atomic E-state index is 0.111. The van der Waals surface area contributed by atoms with Gasteiger partial charge in [0.2, 0.25) is 15.9 Å². The van der Waals surface area contributed by atoms with E-state index in [1.807, 2.05) is 55.5 Å². The number of fused-ring (bicyclic) bond motifs is 1. The molecule has 1 aliphatic rings. The standard InChI is InChI=1S/C23H21ClN2O3S/c1-16-6-2-5-9-21(16)25-23(27)22-14-17-7-3-4-8-18(17)15-26(22)30(28,29)20-12-10-19(24)11-13-20/h2-13,22H,14-15H2,1H3,(H,25,27)/t22-/m0/s1. The average Bonchev–Trinajstić information content (AvgIpc) is 2.74. The molecule has 4 rings (SSSR count). The van der Waals surface area contributed by atoms with Crippen molar-refractivity contribution in [2.24, 2.45) is 0 Å². The maximum Gasteiger partial charge on any atom is 0.244 e. The van der Waals surface area contributed by atoms with Crippen molar-refractivity contribution in [3.05, 3.63) is 94.5 Å². The summed E-state index contributed by atoms with van der Waals surface area (Å²) in [5.74, 6) is -0.351. The molecule has 3 aromatic carbocycles. The lowest BCUT2D eigenvalue weighted by atomic mass is 9.95. The van der Waals surface area contributed by atoms with Crippen molar-refractivity contribution in [2.45, 2.75) is 30.8 Å². The summed E-state index contributed by atoms with van der Waals surface area (Å²) in [6.07, 6.45) is 0.306. The number of nitrogens with zero attached hydrogens (tertiary/aromatic N) is 1. The second-order valence-corrected chi connectivity index (χ2v) is 9.62. The molecule has 1 N–H and O–H groups in total. The highest BCUT2D eigenvalue weighted by Crippen LogP contribution is 2.30. The summed E-state index contributed by atoms with van der Waals surface area (Å²) in [7, 11) is -3.90. The van der Waals surface area contributed by atoms with E-state index in [-0.39, 0.29) is 17.3 Å². The van der Waals surface area contributed by atoms with Gasteiger partial charge in [0, 0.05) is 17.3 Å². The SMILES string of the molecule is Cc1ccccc1NC(=O)[C@@H]1Cc2ccccc2CN1S(=O)(=O)c1ccc(Cl)cc1. The molecule has 0 unspecified atom stereocenters. The number of hydrogen-bond donors (Lipinski definition) is 1. The highest BCUT2D eigenvalue weighted by atomic mass is 35.5. The van der Waals surface area contributed by atoms with Gasteiger partial charge >= 0.3 is 0 Å². The van der Waals surface area contributed by atoms with E-state index in [0.717, 1.165) is 16.7 Å². The zero-order valence-electron chi connectivity index (χ0n) is 16.4. The van der Waals surface area contributed by atoms with Crippen molar-refractivity contribution in [3.63, 3.8) is 0 Å². The van der Waals surface area contributed by atoms with Gasteiger partial charge in [-0.2, -0.15) is 4.31 Å². The van der Waals surface area contributed by atoms with Crippen LogP contribution in [0.15, 0.2) is 77.7 Å². The summed E-state index contributed by atoms with van der Waals surface area (Å²) in [4.78, 5) is 13.3. The Bertz CT molecular complexity index is 1190. The average molecular weight is 441 g/mol. The first-order valence-electron chi connectivity index (χ1n) is 9.57. The quantitative estimate of drug-likeness (QED) is 0.653. The number of aryl methyl sites for hydroxylation is 1. The van der Waals surface area contributed by atoms with Gasteiger partial charge in [0.15, 0.2) is 0 Å². The summed E-state index contributed by atoms with van der Waals surface area (Å²) in [5.41, 5.74) is 3.46. The minimum Gasteiger partial charge on any atom is -0.324 e. The molecule has 30 heavy (non-hydrogen) atoms. The van der Waals surface area contributed by atoms with Gasteiger partial charge in [0.05, 0.1) is 4.90 Å². The van der Waals surface area contributed by atoms with E-state index in [9.17, 15) is 13.2 Å². The molecule has 0 spiro atoms. The number of sulfonamides is 1. The molecule has 5 nitrogen and oxygen atoms in total. The molecule has 1 atom stereocenters. The van der Waals surface area contributed by atoms with Crippen LogP contribution in [0.1, 0.15) is 16.7 Å². The number of carbonyl (C=O) groups excluding carboxylic acids is 1. The summed E-state index contributed by atoms with van der Waals surface area (Å²) >= 11 is 5.93. The minimum atomic E-state index is -3.90. The van der Waals surface area contributed by atoms with Crippen LogP contribution in [0.5, 0.6) is 0 Å². The molecule has 7 heteroatoms. The van der Waals surface area contributed by atoms with Crippen molar-refractivity contribution in [2.75, 3.05) is 5.32 Å². The molecule has 1 heterocycles. The highest BCUT2D eigenvalue weighted by molar-refractivity contribution is 7.89. The monoisotopic (exact) mass is 440 g/mol. The van der Waals surface area contributed by atoms with Crippen molar-refractivity contribution in [1.29, 1.82) is 0 Å². The van der Waals surface area contributed by atoms with Crippen molar-refractivity contribution in [3.8, 4) is 0 Å². The molecule has 0 bridgehead atoms. The van der Waals surface area contributed by atoms with Gasteiger partial charge in [-0.15, -0.1) is 0 Å². The molecule has 3 aromatic rings. The first kappa shape index (κ1) is 20.6. The van der Waals surface area contributed by atoms with Crippen LogP contribution in [0.25, 0.3) is 0 Å². The van der Waals surface area contributed by atoms with Gasteiger partial charge < -0.3 is 5.32 Å². The topological polar surface area (TPSA) is 66.5 Å². The van der Waals surface area contributed by atoms with Crippen LogP contribution >= 0.6 is 11.6 Å². The maximum atomic E-state index is 13.4. The van der Waals surface area contributed by atoms with Crippen molar-refractivity contribution in [1.82, 2.24) is 4.31 Å². The predicted molar refractivity (Wildman–Crippen MR) is 118 cm³/mol. The third-order valence-corrected chi connectivity index (χ3v) is 7.45. The zero-order valence-corrected chi connectivity index (χ0v) is 18.0. The normalized spacial score (nSPS) is 16.7. The van der Waals surface area contributed by atoms with Crippen LogP contribution in [0.3, 0.4) is 0 Å². The van der Waals surface area contributed by atoms with Gasteiger partial charge in [-0.05, 0) is 60.4 Å².